The van der Waals surface area contributed by atoms with E-state index in [-0.39, 0.29) is 16.8 Å². The van der Waals surface area contributed by atoms with Gasteiger partial charge in [0.25, 0.3) is 0 Å². The van der Waals surface area contributed by atoms with Gasteiger partial charge in [-0.25, -0.2) is 13.1 Å². The predicted molar refractivity (Wildman–Crippen MR) is 81.8 cm³/mol. The first-order valence-corrected chi connectivity index (χ1v) is 9.13. The fraction of sp³-hybridized carbons (Fsp3) is 0.538. The lowest BCUT2D eigenvalue weighted by Gasteiger charge is -2.11. The van der Waals surface area contributed by atoms with Gasteiger partial charge in [0.2, 0.25) is 10.0 Å². The molecule has 0 spiro atoms. The summed E-state index contributed by atoms with van der Waals surface area (Å²) in [6, 6.07) is 6.26. The SMILES string of the molecule is CSC(C)CNS(=O)(=O)c1ccc(OCCCO)cc1. The molecule has 2 N–H and O–H groups in total. The highest BCUT2D eigenvalue weighted by Gasteiger charge is 2.14. The molecule has 0 aliphatic heterocycles. The van der Waals surface area contributed by atoms with Gasteiger partial charge in [-0.3, -0.25) is 0 Å². The third-order valence-corrected chi connectivity index (χ3v) is 5.08. The molecule has 20 heavy (non-hydrogen) atoms. The highest BCUT2D eigenvalue weighted by molar-refractivity contribution is 7.99. The minimum absolute atomic E-state index is 0.0734. The van der Waals surface area contributed by atoms with Crippen LogP contribution in [-0.4, -0.2) is 44.8 Å². The summed E-state index contributed by atoms with van der Waals surface area (Å²) in [4.78, 5) is 0.223. The maximum Gasteiger partial charge on any atom is 0.240 e. The van der Waals surface area contributed by atoms with Crippen LogP contribution in [0.1, 0.15) is 13.3 Å². The van der Waals surface area contributed by atoms with Crippen LogP contribution in [-0.2, 0) is 10.0 Å². The lowest BCUT2D eigenvalue weighted by molar-refractivity contribution is 0.233. The summed E-state index contributed by atoms with van der Waals surface area (Å²) in [6.45, 7) is 2.85. The van der Waals surface area contributed by atoms with Crippen molar-refractivity contribution in [3.05, 3.63) is 24.3 Å². The average molecular weight is 319 g/mol. The van der Waals surface area contributed by atoms with Crippen LogP contribution < -0.4 is 9.46 Å². The van der Waals surface area contributed by atoms with Crippen LogP contribution >= 0.6 is 11.8 Å². The summed E-state index contributed by atoms with van der Waals surface area (Å²) < 4.78 is 32.0. The molecule has 0 aromatic heterocycles. The van der Waals surface area contributed by atoms with Gasteiger partial charge in [0.05, 0.1) is 11.5 Å². The molecule has 114 valence electrons. The minimum Gasteiger partial charge on any atom is -0.494 e. The van der Waals surface area contributed by atoms with Gasteiger partial charge in [0.15, 0.2) is 0 Å². The lowest BCUT2D eigenvalue weighted by Crippen LogP contribution is -2.29. The van der Waals surface area contributed by atoms with Crippen molar-refractivity contribution in [3.8, 4) is 5.75 Å². The molecule has 0 saturated heterocycles. The molecular weight excluding hydrogens is 298 g/mol. The highest BCUT2D eigenvalue weighted by Crippen LogP contribution is 2.16. The fourth-order valence-corrected chi connectivity index (χ4v) is 2.85. The van der Waals surface area contributed by atoms with Gasteiger partial charge >= 0.3 is 0 Å². The number of hydrogen-bond donors (Lipinski definition) is 2. The van der Waals surface area contributed by atoms with Crippen molar-refractivity contribution in [3.63, 3.8) is 0 Å². The number of nitrogens with one attached hydrogen (secondary N) is 1. The first-order valence-electron chi connectivity index (χ1n) is 6.36. The van der Waals surface area contributed by atoms with Crippen LogP contribution in [0.25, 0.3) is 0 Å². The van der Waals surface area contributed by atoms with E-state index in [1.807, 2.05) is 13.2 Å². The van der Waals surface area contributed by atoms with E-state index in [1.165, 1.54) is 12.1 Å². The summed E-state index contributed by atoms with van der Waals surface area (Å²) >= 11 is 1.61. The van der Waals surface area contributed by atoms with Gasteiger partial charge in [0, 0.05) is 24.8 Å². The second-order valence-electron chi connectivity index (χ2n) is 4.30. The number of sulfonamides is 1. The molecule has 0 aliphatic rings. The number of ether oxygens (including phenoxy) is 1. The van der Waals surface area contributed by atoms with E-state index in [0.717, 1.165) is 0 Å². The summed E-state index contributed by atoms with van der Waals surface area (Å²) in [5, 5.41) is 8.88. The van der Waals surface area contributed by atoms with Gasteiger partial charge in [0.1, 0.15) is 5.75 Å². The van der Waals surface area contributed by atoms with Gasteiger partial charge in [-0.15, -0.1) is 0 Å². The van der Waals surface area contributed by atoms with Crippen LogP contribution in [0.15, 0.2) is 29.2 Å². The molecule has 1 aromatic carbocycles. The standard InChI is InChI=1S/C13H21NO4S2/c1-11(19-2)10-14-20(16,17)13-6-4-12(5-7-13)18-9-3-8-15/h4-7,11,14-15H,3,8-10H2,1-2H3. The van der Waals surface area contributed by atoms with Crippen LogP contribution in [0.5, 0.6) is 5.75 Å². The third kappa shape index (κ3) is 5.70. The Morgan fingerprint density at radius 2 is 2.00 bits per heavy atom. The Morgan fingerprint density at radius 3 is 2.55 bits per heavy atom. The Balaban J connectivity index is 2.62. The van der Waals surface area contributed by atoms with E-state index in [1.54, 1.807) is 23.9 Å². The van der Waals surface area contributed by atoms with E-state index in [0.29, 0.717) is 25.3 Å². The molecule has 0 amide bonds. The molecule has 0 heterocycles. The van der Waals surface area contributed by atoms with Crippen molar-refractivity contribution in [2.45, 2.75) is 23.5 Å². The van der Waals surface area contributed by atoms with Gasteiger partial charge in [-0.05, 0) is 30.5 Å². The molecule has 0 bridgehead atoms. The monoisotopic (exact) mass is 319 g/mol. The number of rotatable bonds is 9. The summed E-state index contributed by atoms with van der Waals surface area (Å²) in [5.41, 5.74) is 0. The Kier molecular flexibility index (Phi) is 7.36. The highest BCUT2D eigenvalue weighted by atomic mass is 32.2. The van der Waals surface area contributed by atoms with Crippen molar-refractivity contribution >= 4 is 21.8 Å². The van der Waals surface area contributed by atoms with E-state index < -0.39 is 10.0 Å². The molecular formula is C13H21NO4S2. The molecule has 0 saturated carbocycles. The first-order chi connectivity index (χ1) is 9.49. The van der Waals surface area contributed by atoms with Crippen molar-refractivity contribution in [1.29, 1.82) is 0 Å². The molecule has 5 nitrogen and oxygen atoms in total. The van der Waals surface area contributed by atoms with E-state index in [4.69, 9.17) is 9.84 Å². The van der Waals surface area contributed by atoms with Gasteiger partial charge in [-0.1, -0.05) is 6.92 Å². The Bertz CT molecular complexity index is 488. The summed E-state index contributed by atoms with van der Waals surface area (Å²) in [5.74, 6) is 0.592. The number of hydrogen-bond acceptors (Lipinski definition) is 5. The molecule has 0 fully saturated rings. The quantitative estimate of drug-likeness (QED) is 0.674. The lowest BCUT2D eigenvalue weighted by atomic mass is 10.3. The van der Waals surface area contributed by atoms with Crippen LogP contribution in [0.4, 0.5) is 0 Å². The molecule has 0 aliphatic carbocycles. The van der Waals surface area contributed by atoms with Crippen molar-refractivity contribution in [2.24, 2.45) is 0 Å². The zero-order valence-corrected chi connectivity index (χ0v) is 13.3. The normalized spacial score (nSPS) is 13.2. The van der Waals surface area contributed by atoms with Crippen LogP contribution in [0.2, 0.25) is 0 Å². The van der Waals surface area contributed by atoms with Crippen molar-refractivity contribution in [1.82, 2.24) is 4.72 Å². The molecule has 1 aromatic rings. The third-order valence-electron chi connectivity index (χ3n) is 2.67. The van der Waals surface area contributed by atoms with E-state index >= 15 is 0 Å². The molecule has 1 unspecified atom stereocenters. The second kappa shape index (κ2) is 8.51. The maximum atomic E-state index is 12.0. The Morgan fingerprint density at radius 1 is 1.35 bits per heavy atom. The molecule has 0 radical (unpaired) electrons. The first kappa shape index (κ1) is 17.3. The van der Waals surface area contributed by atoms with Crippen molar-refractivity contribution < 1.29 is 18.3 Å². The largest absolute Gasteiger partial charge is 0.494 e. The summed E-state index contributed by atoms with van der Waals surface area (Å²) in [6.07, 6.45) is 2.49. The summed E-state index contributed by atoms with van der Waals surface area (Å²) in [7, 11) is -3.47. The topological polar surface area (TPSA) is 75.6 Å². The number of benzene rings is 1. The smallest absolute Gasteiger partial charge is 0.240 e. The van der Waals surface area contributed by atoms with E-state index in [9.17, 15) is 8.42 Å². The fourth-order valence-electron chi connectivity index (χ4n) is 1.36. The number of aliphatic hydroxyl groups is 1. The molecule has 7 heteroatoms. The van der Waals surface area contributed by atoms with Crippen molar-refractivity contribution in [2.75, 3.05) is 26.0 Å². The minimum atomic E-state index is -3.47. The zero-order valence-electron chi connectivity index (χ0n) is 11.7. The Hall–Kier alpha value is -0.760. The number of thioether (sulfide) groups is 1. The maximum absolute atomic E-state index is 12.0. The van der Waals surface area contributed by atoms with E-state index in [2.05, 4.69) is 4.72 Å². The molecule has 1 atom stereocenters. The second-order valence-corrected chi connectivity index (χ2v) is 7.34. The Labute approximate surface area is 124 Å². The predicted octanol–water partition coefficient (Wildman–Crippen LogP) is 1.48. The molecule has 1 rings (SSSR count). The van der Waals surface area contributed by atoms with Crippen LogP contribution in [0, 0.1) is 0 Å². The van der Waals surface area contributed by atoms with Gasteiger partial charge in [-0.2, -0.15) is 11.8 Å². The van der Waals surface area contributed by atoms with Gasteiger partial charge < -0.3 is 9.84 Å². The average Bonchev–Trinajstić information content (AvgIpc) is 2.45. The van der Waals surface area contributed by atoms with Crippen LogP contribution in [0.3, 0.4) is 0 Å². The zero-order chi connectivity index (χ0) is 15.0. The number of aliphatic hydroxyl groups excluding tert-OH is 1.